The number of aromatic nitrogens is 1. The Balaban J connectivity index is 1.51. The Morgan fingerprint density at radius 3 is 2.29 bits per heavy atom. The fourth-order valence-electron chi connectivity index (χ4n) is 7.71. The molecule has 2 N–H and O–H groups in total. The van der Waals surface area contributed by atoms with Gasteiger partial charge in [-0.1, -0.05) is 71.4 Å². The molecule has 3 amide bonds. The highest BCUT2D eigenvalue weighted by molar-refractivity contribution is 7.09. The normalized spacial score (nSPS) is 21.5. The standard InChI is InChI=1S/C39H57N5O7S/c1-10-24(4)33(42-38(49)39-19-28(20-39)21-43(39)7)36(47)44(8)31(23(2)3)18-32(51-26(6)45)35-41-30(22-52-35)34(46)40-29(16-25(5)37(48)50-9)17-27-14-12-11-13-15-27/h11-15,22-25,28-29,31-33H,10,16-21H2,1-9H3,(H,40,46)(H,42,49)/t24-,25-,28?,29+,31+,32+,33-,39?/m0/s1. The Kier molecular flexibility index (Phi) is 14.0. The number of carbonyl (C=O) groups excluding carboxylic acids is 5. The van der Waals surface area contributed by atoms with Crippen LogP contribution in [-0.4, -0.2) is 95.9 Å². The van der Waals surface area contributed by atoms with Gasteiger partial charge in [-0.15, -0.1) is 11.3 Å². The number of benzene rings is 1. The molecule has 3 heterocycles. The van der Waals surface area contributed by atoms with Crippen molar-refractivity contribution in [1.29, 1.82) is 0 Å². The maximum absolute atomic E-state index is 14.2. The number of nitrogens with zero attached hydrogens (tertiary/aromatic N) is 3. The van der Waals surface area contributed by atoms with E-state index in [-0.39, 0.29) is 53.8 Å². The molecule has 2 aromatic rings. The zero-order valence-electron chi connectivity index (χ0n) is 32.1. The van der Waals surface area contributed by atoms with E-state index in [4.69, 9.17) is 9.47 Å². The van der Waals surface area contributed by atoms with Crippen LogP contribution in [0, 0.1) is 23.7 Å². The van der Waals surface area contributed by atoms with E-state index < -0.39 is 35.5 Å². The Morgan fingerprint density at radius 2 is 1.73 bits per heavy atom. The van der Waals surface area contributed by atoms with E-state index in [0.29, 0.717) is 30.2 Å². The highest BCUT2D eigenvalue weighted by atomic mass is 32.1. The predicted molar refractivity (Wildman–Crippen MR) is 199 cm³/mol. The van der Waals surface area contributed by atoms with Gasteiger partial charge in [0.05, 0.1) is 13.0 Å². The zero-order valence-corrected chi connectivity index (χ0v) is 33.0. The number of carbonyl (C=O) groups is 5. The second kappa shape index (κ2) is 17.8. The fourth-order valence-corrected chi connectivity index (χ4v) is 8.55. The summed E-state index contributed by atoms with van der Waals surface area (Å²) in [6.07, 6.45) is 2.65. The first-order valence-corrected chi connectivity index (χ1v) is 19.3. The van der Waals surface area contributed by atoms with E-state index in [1.165, 1.54) is 25.4 Å². The average molecular weight is 740 g/mol. The number of nitrogens with one attached hydrogen (secondary N) is 2. The van der Waals surface area contributed by atoms with E-state index in [1.54, 1.807) is 24.3 Å². The molecule has 12 nitrogen and oxygen atoms in total. The molecule has 1 aromatic heterocycles. The molecule has 1 aromatic carbocycles. The molecule has 52 heavy (non-hydrogen) atoms. The van der Waals surface area contributed by atoms with Gasteiger partial charge in [-0.05, 0) is 56.0 Å². The van der Waals surface area contributed by atoms with Crippen molar-refractivity contribution in [2.24, 2.45) is 23.7 Å². The van der Waals surface area contributed by atoms with Gasteiger partial charge in [-0.3, -0.25) is 28.9 Å². The molecule has 0 radical (unpaired) electrons. The van der Waals surface area contributed by atoms with E-state index in [1.807, 2.05) is 65.1 Å². The van der Waals surface area contributed by atoms with E-state index >= 15 is 0 Å². The summed E-state index contributed by atoms with van der Waals surface area (Å²) in [5, 5.41) is 8.25. The van der Waals surface area contributed by atoms with Crippen LogP contribution in [0.3, 0.4) is 0 Å². The Bertz CT molecular complexity index is 1560. The summed E-state index contributed by atoms with van der Waals surface area (Å²) in [7, 11) is 5.06. The van der Waals surface area contributed by atoms with Crippen LogP contribution < -0.4 is 10.6 Å². The molecule has 3 aliphatic rings. The first kappa shape index (κ1) is 40.9. The quantitative estimate of drug-likeness (QED) is 0.206. The average Bonchev–Trinajstić information content (AvgIpc) is 3.81. The summed E-state index contributed by atoms with van der Waals surface area (Å²) in [6.45, 7) is 12.0. The molecule has 0 unspecified atom stereocenters. The number of fused-ring (bicyclic) bond motifs is 1. The molecule has 0 spiro atoms. The van der Waals surface area contributed by atoms with Crippen LogP contribution in [-0.2, 0) is 35.1 Å². The molecule has 2 aliphatic heterocycles. The van der Waals surface area contributed by atoms with Crippen LogP contribution >= 0.6 is 11.3 Å². The lowest BCUT2D eigenvalue weighted by Gasteiger charge is -2.42. The van der Waals surface area contributed by atoms with Gasteiger partial charge in [0.15, 0.2) is 6.10 Å². The lowest BCUT2D eigenvalue weighted by molar-refractivity contribution is -0.149. The van der Waals surface area contributed by atoms with Gasteiger partial charge in [-0.2, -0.15) is 0 Å². The first-order chi connectivity index (χ1) is 24.6. The summed E-state index contributed by atoms with van der Waals surface area (Å²) >= 11 is 1.21. The van der Waals surface area contributed by atoms with E-state index in [2.05, 4.69) is 20.5 Å². The van der Waals surface area contributed by atoms with Gasteiger partial charge in [0.25, 0.3) is 5.91 Å². The van der Waals surface area contributed by atoms with E-state index in [9.17, 15) is 24.0 Å². The van der Waals surface area contributed by atoms with Crippen molar-refractivity contribution in [2.75, 3.05) is 27.7 Å². The highest BCUT2D eigenvalue weighted by Crippen LogP contribution is 2.49. The third-order valence-electron chi connectivity index (χ3n) is 11.0. The predicted octanol–water partition coefficient (Wildman–Crippen LogP) is 4.79. The first-order valence-electron chi connectivity index (χ1n) is 18.4. The van der Waals surface area contributed by atoms with E-state index in [0.717, 1.165) is 24.9 Å². The number of thiazole rings is 1. The molecule has 13 heteroatoms. The van der Waals surface area contributed by atoms with Gasteiger partial charge in [0, 0.05) is 44.4 Å². The number of esters is 2. The molecular formula is C39H57N5O7S. The number of methoxy groups -OCH3 is 1. The second-order valence-electron chi connectivity index (χ2n) is 15.2. The van der Waals surface area contributed by atoms with Crippen molar-refractivity contribution in [3.05, 3.63) is 52.0 Å². The molecule has 1 saturated carbocycles. The lowest BCUT2D eigenvalue weighted by Crippen LogP contribution is -2.62. The maximum Gasteiger partial charge on any atom is 0.308 e. The topological polar surface area (TPSA) is 147 Å². The van der Waals surface area contributed by atoms with Gasteiger partial charge in [0.2, 0.25) is 11.8 Å². The van der Waals surface area contributed by atoms with Gasteiger partial charge in [-0.25, -0.2) is 4.98 Å². The smallest absolute Gasteiger partial charge is 0.308 e. The Hall–Kier alpha value is -3.84. The highest BCUT2D eigenvalue weighted by Gasteiger charge is 2.59. The number of likely N-dealkylation sites (N-methyl/N-ethyl adjacent to an activating group) is 2. The number of rotatable bonds is 18. The summed E-state index contributed by atoms with van der Waals surface area (Å²) in [6, 6.07) is 8.24. The van der Waals surface area contributed by atoms with Crippen molar-refractivity contribution in [1.82, 2.24) is 25.4 Å². The lowest BCUT2D eigenvalue weighted by atomic mass is 9.72. The maximum atomic E-state index is 14.2. The van der Waals surface area contributed by atoms with Gasteiger partial charge in [0.1, 0.15) is 22.3 Å². The minimum atomic E-state index is -0.819. The molecule has 1 aliphatic carbocycles. The van der Waals surface area contributed by atoms with Crippen molar-refractivity contribution < 1.29 is 33.4 Å². The largest absolute Gasteiger partial charge is 0.469 e. The second-order valence-corrected chi connectivity index (χ2v) is 16.1. The van der Waals surface area contributed by atoms with Gasteiger partial charge >= 0.3 is 11.9 Å². The summed E-state index contributed by atoms with van der Waals surface area (Å²) in [4.78, 5) is 74.5. The number of amides is 3. The Labute approximate surface area is 312 Å². The molecule has 2 bridgehead atoms. The zero-order chi connectivity index (χ0) is 38.3. The van der Waals surface area contributed by atoms with Crippen molar-refractivity contribution in [2.45, 2.75) is 110 Å². The molecule has 6 atom stereocenters. The molecule has 2 saturated heterocycles. The number of ether oxygens (including phenoxy) is 2. The molecular weight excluding hydrogens is 683 g/mol. The summed E-state index contributed by atoms with van der Waals surface area (Å²) in [5.74, 6) is -1.60. The van der Waals surface area contributed by atoms with Crippen LogP contribution in [0.15, 0.2) is 35.7 Å². The van der Waals surface area contributed by atoms with Crippen LogP contribution in [0.5, 0.6) is 0 Å². The number of hydrogen-bond acceptors (Lipinski definition) is 10. The van der Waals surface area contributed by atoms with Crippen LogP contribution in [0.4, 0.5) is 0 Å². The minimum absolute atomic E-state index is 0.0366. The summed E-state index contributed by atoms with van der Waals surface area (Å²) in [5.41, 5.74) is 0.637. The summed E-state index contributed by atoms with van der Waals surface area (Å²) < 4.78 is 10.7. The number of hydrogen-bond donors (Lipinski definition) is 2. The third-order valence-corrected chi connectivity index (χ3v) is 12.0. The van der Waals surface area contributed by atoms with Gasteiger partial charge < -0.3 is 25.0 Å². The molecule has 286 valence electrons. The van der Waals surface area contributed by atoms with Crippen LogP contribution in [0.25, 0.3) is 0 Å². The minimum Gasteiger partial charge on any atom is -0.469 e. The third kappa shape index (κ3) is 9.57. The Morgan fingerprint density at radius 1 is 1.06 bits per heavy atom. The monoisotopic (exact) mass is 739 g/mol. The van der Waals surface area contributed by atoms with Crippen molar-refractivity contribution >= 4 is 41.0 Å². The molecule has 5 rings (SSSR count). The van der Waals surface area contributed by atoms with Crippen LogP contribution in [0.2, 0.25) is 0 Å². The van der Waals surface area contributed by atoms with Crippen molar-refractivity contribution in [3.63, 3.8) is 0 Å². The van der Waals surface area contributed by atoms with Crippen LogP contribution in [0.1, 0.15) is 101 Å². The SMILES string of the molecule is CC[C@H](C)[C@H](NC(=O)C12CC(CN1C)C2)C(=O)N(C)[C@H](C[C@@H](OC(C)=O)c1nc(C(=O)N[C@@H](Cc2ccccc2)C[C@H](C)C(=O)OC)cs1)C(C)C. The molecule has 3 fully saturated rings. The fraction of sp³-hybridized carbons (Fsp3) is 0.641. The van der Waals surface area contributed by atoms with Crippen molar-refractivity contribution in [3.8, 4) is 0 Å².